The minimum Gasteiger partial charge on any atom is -0.434 e. The number of carbonyl (C=O) groups is 2. The summed E-state index contributed by atoms with van der Waals surface area (Å²) in [5, 5.41) is 10.2. The third-order valence-electron chi connectivity index (χ3n) is 3.37. The lowest BCUT2D eigenvalue weighted by molar-refractivity contribution is -0.114. The highest BCUT2D eigenvalue weighted by Gasteiger charge is 2.26. The number of ether oxygens (including phenoxy) is 1. The molecule has 0 bridgehead atoms. The molecule has 0 aromatic heterocycles. The zero-order valence-electron chi connectivity index (χ0n) is 13.1. The maximum atomic E-state index is 11.7. The molecule has 0 radical (unpaired) electrons. The summed E-state index contributed by atoms with van der Waals surface area (Å²) in [6, 6.07) is 3.12. The fraction of sp³-hybridized carbons (Fsp3) is 0.200. The van der Waals surface area contributed by atoms with E-state index < -0.39 is 18.2 Å². The number of azo groups is 1. The van der Waals surface area contributed by atoms with Crippen LogP contribution in [0.3, 0.4) is 0 Å². The molecule has 2 aliphatic rings. The number of hydrogen-bond donors (Lipinski definition) is 2. The Morgan fingerprint density at radius 1 is 1.20 bits per heavy atom. The molecule has 8 nitrogen and oxygen atoms in total. The van der Waals surface area contributed by atoms with Crippen molar-refractivity contribution in [1.82, 2.24) is 10.8 Å². The summed E-state index contributed by atoms with van der Waals surface area (Å²) >= 11 is 12.5. The van der Waals surface area contributed by atoms with E-state index in [2.05, 4.69) is 25.9 Å². The Morgan fingerprint density at radius 2 is 1.88 bits per heavy atom. The van der Waals surface area contributed by atoms with Crippen LogP contribution >= 0.6 is 23.2 Å². The average molecular weight is 383 g/mol. The summed E-state index contributed by atoms with van der Waals surface area (Å²) in [4.78, 5) is 27.4. The van der Waals surface area contributed by atoms with Gasteiger partial charge < -0.3 is 9.57 Å². The summed E-state index contributed by atoms with van der Waals surface area (Å²) < 4.78 is 5.60. The number of hydrogen-bond acceptors (Lipinski definition) is 6. The van der Waals surface area contributed by atoms with Gasteiger partial charge in [0.2, 0.25) is 5.88 Å². The Bertz CT molecular complexity index is 836. The first-order chi connectivity index (χ1) is 11.8. The first-order valence-corrected chi connectivity index (χ1v) is 7.85. The van der Waals surface area contributed by atoms with Crippen molar-refractivity contribution in [3.63, 3.8) is 0 Å². The topological polar surface area (TPSA) is 101 Å². The van der Waals surface area contributed by atoms with Crippen LogP contribution in [0.4, 0.5) is 4.79 Å². The molecular weight excluding hydrogens is 371 g/mol. The standard InChI is InChI=1S/C15H12Cl2N4O4/c1-6(2)8-5-11(19-20-14(8)22)24-12-9(16)3-7(4-10(12)17)13-18-15(23)25-21-13/h3-5,13,21H,1-2H3,(H,18,23). The lowest BCUT2D eigenvalue weighted by atomic mass is 10.1. The van der Waals surface area contributed by atoms with Crippen molar-refractivity contribution in [2.24, 2.45) is 10.2 Å². The quantitative estimate of drug-likeness (QED) is 0.774. The predicted octanol–water partition coefficient (Wildman–Crippen LogP) is 3.79. The number of allylic oxidation sites excluding steroid dienone is 1. The highest BCUT2D eigenvalue weighted by atomic mass is 35.5. The Balaban J connectivity index is 1.88. The van der Waals surface area contributed by atoms with E-state index in [0.29, 0.717) is 11.1 Å². The molecular formula is C15H12Cl2N4O4. The number of benzene rings is 1. The molecule has 1 fully saturated rings. The van der Waals surface area contributed by atoms with Gasteiger partial charge in [-0.25, -0.2) is 4.79 Å². The number of amides is 2. The van der Waals surface area contributed by atoms with Crippen LogP contribution < -0.4 is 15.5 Å². The number of nitrogens with zero attached hydrogens (tertiary/aromatic N) is 2. The molecule has 3 rings (SSSR count). The van der Waals surface area contributed by atoms with E-state index in [1.54, 1.807) is 26.0 Å². The Morgan fingerprint density at radius 3 is 2.44 bits per heavy atom. The molecule has 1 aromatic rings. The molecule has 2 aliphatic heterocycles. The first kappa shape index (κ1) is 17.4. The van der Waals surface area contributed by atoms with Crippen molar-refractivity contribution in [1.29, 1.82) is 0 Å². The smallest absolute Gasteiger partial charge is 0.427 e. The number of halogens is 2. The van der Waals surface area contributed by atoms with Gasteiger partial charge in [-0.2, -0.15) is 0 Å². The van der Waals surface area contributed by atoms with Crippen LogP contribution in [0.1, 0.15) is 25.6 Å². The number of rotatable bonds is 3. The van der Waals surface area contributed by atoms with Crippen molar-refractivity contribution >= 4 is 35.2 Å². The van der Waals surface area contributed by atoms with Crippen LogP contribution in [0.2, 0.25) is 10.0 Å². The van der Waals surface area contributed by atoms with Crippen molar-refractivity contribution in [2.75, 3.05) is 0 Å². The van der Waals surface area contributed by atoms with Crippen LogP contribution in [0.5, 0.6) is 5.75 Å². The maximum absolute atomic E-state index is 11.7. The Kier molecular flexibility index (Phi) is 4.76. The second kappa shape index (κ2) is 6.83. The fourth-order valence-corrected chi connectivity index (χ4v) is 2.74. The van der Waals surface area contributed by atoms with Gasteiger partial charge in [-0.1, -0.05) is 28.8 Å². The van der Waals surface area contributed by atoms with Gasteiger partial charge in [0.1, 0.15) is 6.17 Å². The molecule has 2 heterocycles. The van der Waals surface area contributed by atoms with E-state index in [9.17, 15) is 9.59 Å². The number of nitrogens with one attached hydrogen (secondary N) is 2. The fourth-order valence-electron chi connectivity index (χ4n) is 2.16. The van der Waals surface area contributed by atoms with Gasteiger partial charge in [-0.15, -0.1) is 15.7 Å². The average Bonchev–Trinajstić information content (AvgIpc) is 2.98. The molecule has 130 valence electrons. The zero-order valence-corrected chi connectivity index (χ0v) is 14.6. The van der Waals surface area contributed by atoms with Crippen LogP contribution in [0.25, 0.3) is 0 Å². The van der Waals surface area contributed by atoms with E-state index >= 15 is 0 Å². The van der Waals surface area contributed by atoms with Crippen LogP contribution in [0, 0.1) is 0 Å². The van der Waals surface area contributed by atoms with Gasteiger partial charge >= 0.3 is 6.09 Å². The van der Waals surface area contributed by atoms with Crippen molar-refractivity contribution in [2.45, 2.75) is 20.0 Å². The summed E-state index contributed by atoms with van der Waals surface area (Å²) in [5.41, 5.74) is 4.24. The number of hydroxylamine groups is 1. The van der Waals surface area contributed by atoms with Crippen LogP contribution in [-0.2, 0) is 9.63 Å². The molecule has 0 aliphatic carbocycles. The van der Waals surface area contributed by atoms with Gasteiger partial charge in [-0.3, -0.25) is 10.1 Å². The molecule has 0 spiro atoms. The lowest BCUT2D eigenvalue weighted by Crippen LogP contribution is -2.22. The maximum Gasteiger partial charge on any atom is 0.427 e. The summed E-state index contributed by atoms with van der Waals surface area (Å²) in [5.74, 6) is -0.198. The molecule has 1 unspecified atom stereocenters. The first-order valence-electron chi connectivity index (χ1n) is 7.10. The van der Waals surface area contributed by atoms with E-state index in [1.165, 1.54) is 6.08 Å². The minimum absolute atomic E-state index is 0.0861. The summed E-state index contributed by atoms with van der Waals surface area (Å²) in [7, 11) is 0. The monoisotopic (exact) mass is 382 g/mol. The SMILES string of the molecule is CC(C)=C1C=C(Oc2c(Cl)cc(C3NOC(=O)N3)cc2Cl)N=NC1=O. The molecule has 25 heavy (non-hydrogen) atoms. The highest BCUT2D eigenvalue weighted by molar-refractivity contribution is 6.37. The molecule has 2 amide bonds. The van der Waals surface area contributed by atoms with E-state index in [4.69, 9.17) is 27.9 Å². The molecule has 1 aromatic carbocycles. The van der Waals surface area contributed by atoms with Gasteiger partial charge in [0.25, 0.3) is 5.91 Å². The molecule has 2 N–H and O–H groups in total. The van der Waals surface area contributed by atoms with Crippen LogP contribution in [0.15, 0.2) is 45.5 Å². The minimum atomic E-state index is -0.607. The third-order valence-corrected chi connectivity index (χ3v) is 3.93. The van der Waals surface area contributed by atoms with Crippen LogP contribution in [-0.4, -0.2) is 12.0 Å². The predicted molar refractivity (Wildman–Crippen MR) is 88.9 cm³/mol. The third kappa shape index (κ3) is 3.65. The van der Waals surface area contributed by atoms with E-state index in [-0.39, 0.29) is 21.7 Å². The van der Waals surface area contributed by atoms with Crippen molar-refractivity contribution < 1.29 is 19.2 Å². The Hall–Kier alpha value is -2.42. The van der Waals surface area contributed by atoms with Gasteiger partial charge in [-0.05, 0) is 31.5 Å². The molecule has 1 saturated heterocycles. The second-order valence-corrected chi connectivity index (χ2v) is 6.22. The molecule has 1 atom stereocenters. The normalized spacial score (nSPS) is 19.4. The Labute approximate surface area is 152 Å². The van der Waals surface area contributed by atoms with Gasteiger partial charge in [0, 0.05) is 11.6 Å². The van der Waals surface area contributed by atoms with E-state index in [0.717, 1.165) is 5.57 Å². The molecule has 10 heteroatoms. The largest absolute Gasteiger partial charge is 0.434 e. The van der Waals surface area contributed by atoms with Crippen molar-refractivity contribution in [3.8, 4) is 5.75 Å². The van der Waals surface area contributed by atoms with Crippen molar-refractivity contribution in [3.05, 3.63) is 50.8 Å². The summed E-state index contributed by atoms with van der Waals surface area (Å²) in [6.45, 7) is 3.56. The second-order valence-electron chi connectivity index (χ2n) is 5.40. The van der Waals surface area contributed by atoms with E-state index in [1.807, 2.05) is 0 Å². The zero-order chi connectivity index (χ0) is 18.1. The number of carbonyl (C=O) groups excluding carboxylic acids is 2. The summed E-state index contributed by atoms with van der Waals surface area (Å²) in [6.07, 6.45) is 0.280. The van der Waals surface area contributed by atoms with Gasteiger partial charge in [0.05, 0.1) is 10.0 Å². The molecule has 0 saturated carbocycles. The highest BCUT2D eigenvalue weighted by Crippen LogP contribution is 2.37. The van der Waals surface area contributed by atoms with Gasteiger partial charge in [0.15, 0.2) is 5.75 Å². The lowest BCUT2D eigenvalue weighted by Gasteiger charge is -2.15.